The van der Waals surface area contributed by atoms with Gasteiger partial charge in [0.15, 0.2) is 11.6 Å². The number of benzene rings is 2. The van der Waals surface area contributed by atoms with E-state index in [1.165, 1.54) is 6.07 Å². The van der Waals surface area contributed by atoms with E-state index in [0.29, 0.717) is 16.0 Å². The average molecular weight is 335 g/mol. The van der Waals surface area contributed by atoms with E-state index in [2.05, 4.69) is 0 Å². The summed E-state index contributed by atoms with van der Waals surface area (Å²) in [6.45, 7) is 0. The van der Waals surface area contributed by atoms with E-state index in [0.717, 1.165) is 11.8 Å². The molecule has 0 unspecified atom stereocenters. The topological polar surface area (TPSA) is 100 Å². The van der Waals surface area contributed by atoms with Crippen LogP contribution in [0.4, 0.5) is 5.69 Å². The summed E-state index contributed by atoms with van der Waals surface area (Å²) >= 11 is 0.962. The molecule has 2 aromatic carbocycles. The summed E-state index contributed by atoms with van der Waals surface area (Å²) in [6, 6.07) is 9.63. The second kappa shape index (κ2) is 6.88. The third kappa shape index (κ3) is 3.07. The molecule has 0 heterocycles. The zero-order valence-corrected chi connectivity index (χ0v) is 15.1. The van der Waals surface area contributed by atoms with E-state index in [1.54, 1.807) is 30.3 Å². The third-order valence-corrected chi connectivity index (χ3v) is 4.49. The Bertz CT molecular complexity index is 835. The number of hydrogen-bond donors (Lipinski definition) is 1. The van der Waals surface area contributed by atoms with Gasteiger partial charge < -0.3 is 15.6 Å². The Morgan fingerprint density at radius 3 is 2.22 bits per heavy atom. The number of fused-ring (bicyclic) bond motifs is 2. The zero-order valence-electron chi connectivity index (χ0n) is 12.3. The molecule has 2 N–H and O–H groups in total. The number of nitrogens with two attached hydrogens (primary N) is 1. The van der Waals surface area contributed by atoms with Gasteiger partial charge >= 0.3 is 29.6 Å². The quantitative estimate of drug-likeness (QED) is 0.334. The number of nitrogen functional groups attached to an aromatic ring is 1. The molecule has 0 atom stereocenters. The molecule has 5 nitrogen and oxygen atoms in total. The van der Waals surface area contributed by atoms with Crippen molar-refractivity contribution in [3.8, 4) is 0 Å². The second-order valence-corrected chi connectivity index (χ2v) is 5.78. The fourth-order valence-corrected chi connectivity index (χ4v) is 3.15. The van der Waals surface area contributed by atoms with Gasteiger partial charge in [0, 0.05) is 27.3 Å². The van der Waals surface area contributed by atoms with Crippen LogP contribution in [0.3, 0.4) is 0 Å². The van der Waals surface area contributed by atoms with Crippen LogP contribution in [0.1, 0.15) is 31.8 Å². The maximum atomic E-state index is 12.6. The molecule has 0 fully saturated rings. The number of thioether (sulfide) groups is 1. The molecule has 0 amide bonds. The van der Waals surface area contributed by atoms with E-state index in [4.69, 9.17) is 5.73 Å². The molecule has 7 heteroatoms. The largest absolute Gasteiger partial charge is 1.00 e. The van der Waals surface area contributed by atoms with Crippen LogP contribution in [-0.2, 0) is 4.79 Å². The molecule has 0 aliphatic heterocycles. The van der Waals surface area contributed by atoms with Gasteiger partial charge in [-0.2, -0.15) is 0 Å². The number of anilines is 1. The van der Waals surface area contributed by atoms with Crippen LogP contribution >= 0.6 is 11.8 Å². The van der Waals surface area contributed by atoms with Crippen LogP contribution < -0.4 is 40.4 Å². The third-order valence-electron chi connectivity index (χ3n) is 3.44. The molecule has 0 radical (unpaired) electrons. The molecule has 0 bridgehead atoms. The van der Waals surface area contributed by atoms with E-state index in [-0.39, 0.29) is 63.7 Å². The Kier molecular flexibility index (Phi) is 5.31. The standard InChI is InChI=1S/C16H11NO4S.Na/c17-14-11(22-7-12(18)19)6-5-10-13(14)16(21)9-4-2-1-3-8(9)15(10)20;/h1-6H,7,17H2,(H,18,19);/q;+1/p-1. The van der Waals surface area contributed by atoms with Gasteiger partial charge in [0.2, 0.25) is 0 Å². The summed E-state index contributed by atoms with van der Waals surface area (Å²) in [5.41, 5.74) is 7.19. The van der Waals surface area contributed by atoms with E-state index in [9.17, 15) is 19.5 Å². The maximum absolute atomic E-state index is 12.6. The van der Waals surface area contributed by atoms with Gasteiger partial charge in [0.1, 0.15) is 0 Å². The van der Waals surface area contributed by atoms with E-state index >= 15 is 0 Å². The van der Waals surface area contributed by atoms with Crippen molar-refractivity contribution in [2.45, 2.75) is 4.90 Å². The predicted molar refractivity (Wildman–Crippen MR) is 79.9 cm³/mol. The first-order valence-electron chi connectivity index (χ1n) is 6.44. The van der Waals surface area contributed by atoms with Gasteiger partial charge in [-0.05, 0) is 12.1 Å². The molecular formula is C16H10NNaO4S. The summed E-state index contributed by atoms with van der Waals surface area (Å²) in [7, 11) is 0. The molecule has 0 spiro atoms. The first kappa shape index (κ1) is 17.7. The summed E-state index contributed by atoms with van der Waals surface area (Å²) < 4.78 is 0. The fraction of sp³-hybridized carbons (Fsp3) is 0.0625. The second-order valence-electron chi connectivity index (χ2n) is 4.76. The monoisotopic (exact) mass is 335 g/mol. The number of hydrogen-bond acceptors (Lipinski definition) is 6. The SMILES string of the molecule is Nc1c(SCC(=O)[O-])ccc2c1C(=O)c1ccccc1C2=O.[Na+]. The van der Waals surface area contributed by atoms with Crippen LogP contribution in [0.25, 0.3) is 0 Å². The van der Waals surface area contributed by atoms with Gasteiger partial charge in [-0.1, -0.05) is 24.3 Å². The number of carbonyl (C=O) groups excluding carboxylic acids is 3. The number of aliphatic carboxylic acids is 1. The Morgan fingerprint density at radius 1 is 1.00 bits per heavy atom. The average Bonchev–Trinajstić information content (AvgIpc) is 2.51. The van der Waals surface area contributed by atoms with Crippen LogP contribution in [-0.4, -0.2) is 23.3 Å². The number of carboxylic acid groups (broad SMARTS) is 1. The van der Waals surface area contributed by atoms with Gasteiger partial charge in [-0.15, -0.1) is 11.8 Å². The summed E-state index contributed by atoms with van der Waals surface area (Å²) in [5.74, 6) is -2.08. The fourth-order valence-electron chi connectivity index (χ4n) is 2.46. The van der Waals surface area contributed by atoms with E-state index in [1.807, 2.05) is 0 Å². The molecule has 0 aromatic heterocycles. The van der Waals surface area contributed by atoms with Crippen molar-refractivity contribution in [2.75, 3.05) is 11.5 Å². The minimum atomic E-state index is -1.23. The van der Waals surface area contributed by atoms with Crippen molar-refractivity contribution in [1.82, 2.24) is 0 Å². The smallest absolute Gasteiger partial charge is 0.549 e. The van der Waals surface area contributed by atoms with Crippen LogP contribution in [0.5, 0.6) is 0 Å². The zero-order chi connectivity index (χ0) is 15.9. The first-order valence-corrected chi connectivity index (χ1v) is 7.43. The molecule has 1 aliphatic carbocycles. The van der Waals surface area contributed by atoms with Crippen molar-refractivity contribution in [3.63, 3.8) is 0 Å². The Balaban J connectivity index is 0.00000192. The maximum Gasteiger partial charge on any atom is 1.00 e. The van der Waals surface area contributed by atoms with Crippen molar-refractivity contribution >= 4 is 35.0 Å². The van der Waals surface area contributed by atoms with Crippen molar-refractivity contribution < 1.29 is 49.0 Å². The molecule has 2 aromatic rings. The van der Waals surface area contributed by atoms with Crippen molar-refractivity contribution in [3.05, 3.63) is 58.7 Å². The molecule has 0 saturated heterocycles. The minimum absolute atomic E-state index is 0. The van der Waals surface area contributed by atoms with Crippen molar-refractivity contribution in [2.24, 2.45) is 0 Å². The van der Waals surface area contributed by atoms with E-state index < -0.39 is 5.97 Å². The van der Waals surface area contributed by atoms with Gasteiger partial charge in [0.05, 0.1) is 17.2 Å². The van der Waals surface area contributed by atoms with Gasteiger partial charge in [0.25, 0.3) is 0 Å². The first-order chi connectivity index (χ1) is 10.5. The predicted octanol–water partition coefficient (Wildman–Crippen LogP) is -2.11. The number of rotatable bonds is 3. The normalized spacial score (nSPS) is 12.2. The Labute approximate surface area is 158 Å². The minimum Gasteiger partial charge on any atom is -0.549 e. The Morgan fingerprint density at radius 2 is 1.61 bits per heavy atom. The molecule has 110 valence electrons. The number of carboxylic acids is 1. The van der Waals surface area contributed by atoms with Crippen LogP contribution in [0.15, 0.2) is 41.3 Å². The summed E-state index contributed by atoms with van der Waals surface area (Å²) in [6.07, 6.45) is 0. The molecule has 0 saturated carbocycles. The molecule has 1 aliphatic rings. The molecular weight excluding hydrogens is 325 g/mol. The van der Waals surface area contributed by atoms with Crippen molar-refractivity contribution in [1.29, 1.82) is 0 Å². The molecule has 3 rings (SSSR count). The van der Waals surface area contributed by atoms with Crippen LogP contribution in [0, 0.1) is 0 Å². The summed E-state index contributed by atoms with van der Waals surface area (Å²) in [5, 5.41) is 10.6. The Hall–Kier alpha value is -1.60. The number of ketones is 2. The van der Waals surface area contributed by atoms with Crippen LogP contribution in [0.2, 0.25) is 0 Å². The molecule has 23 heavy (non-hydrogen) atoms. The summed E-state index contributed by atoms with van der Waals surface area (Å²) in [4.78, 5) is 36.1. The van der Waals surface area contributed by atoms with Gasteiger partial charge in [-0.3, -0.25) is 9.59 Å². The van der Waals surface area contributed by atoms with Gasteiger partial charge in [-0.25, -0.2) is 0 Å². The number of carbonyl (C=O) groups is 3.